The lowest BCUT2D eigenvalue weighted by atomic mass is 10.1. The van der Waals surface area contributed by atoms with E-state index in [0.29, 0.717) is 6.07 Å². The summed E-state index contributed by atoms with van der Waals surface area (Å²) in [7, 11) is -3.96. The van der Waals surface area contributed by atoms with E-state index in [4.69, 9.17) is 0 Å². The lowest BCUT2D eigenvalue weighted by Crippen LogP contribution is -2.08. The molecule has 0 aromatic heterocycles. The van der Waals surface area contributed by atoms with Crippen molar-refractivity contribution in [1.82, 2.24) is 0 Å². The maximum Gasteiger partial charge on any atom is 0.416 e. The lowest BCUT2D eigenvalue weighted by Gasteiger charge is -2.07. The van der Waals surface area contributed by atoms with E-state index in [2.05, 4.69) is 0 Å². The molecule has 0 bridgehead atoms. The molecule has 0 atom stereocenters. The third kappa shape index (κ3) is 1.84. The first-order valence-electron chi connectivity index (χ1n) is 4.83. The fourth-order valence-corrected chi connectivity index (χ4v) is 3.28. The van der Waals surface area contributed by atoms with Gasteiger partial charge in [-0.05, 0) is 36.8 Å². The predicted molar refractivity (Wildman–Crippen MR) is 57.3 cm³/mol. The summed E-state index contributed by atoms with van der Waals surface area (Å²) in [6.45, 7) is 1.06. The van der Waals surface area contributed by atoms with Crippen LogP contribution in [0.5, 0.6) is 0 Å². The maximum absolute atomic E-state index is 12.5. The average Bonchev–Trinajstić information content (AvgIpc) is 2.49. The number of carbonyl (C=O) groups is 1. The molecule has 96 valence electrons. The number of fused-ring (bicyclic) bond motifs is 1. The van der Waals surface area contributed by atoms with Crippen LogP contribution in [0.3, 0.4) is 0 Å². The van der Waals surface area contributed by atoms with Crippen molar-refractivity contribution in [3.63, 3.8) is 0 Å². The van der Waals surface area contributed by atoms with Crippen LogP contribution in [-0.2, 0) is 20.8 Å². The molecule has 1 aromatic rings. The van der Waals surface area contributed by atoms with E-state index in [1.807, 2.05) is 0 Å². The highest BCUT2D eigenvalue weighted by atomic mass is 32.2. The largest absolute Gasteiger partial charge is 0.416 e. The molecular formula is C11H7F3O3S. The number of ketones is 1. The summed E-state index contributed by atoms with van der Waals surface area (Å²) in [6.07, 6.45) is -3.58. The van der Waals surface area contributed by atoms with Crippen LogP contribution in [0.1, 0.15) is 18.1 Å². The Balaban J connectivity index is 2.66. The Morgan fingerprint density at radius 1 is 1.22 bits per heavy atom. The molecule has 18 heavy (non-hydrogen) atoms. The first kappa shape index (κ1) is 12.8. The number of carbonyl (C=O) groups excluding carboxylic acids is 1. The molecule has 7 heteroatoms. The lowest BCUT2D eigenvalue weighted by molar-refractivity contribution is -0.137. The van der Waals surface area contributed by atoms with Crippen molar-refractivity contribution in [1.29, 1.82) is 0 Å². The van der Waals surface area contributed by atoms with E-state index >= 15 is 0 Å². The Kier molecular flexibility index (Phi) is 2.62. The summed E-state index contributed by atoms with van der Waals surface area (Å²) in [5, 5.41) is 0. The Morgan fingerprint density at radius 3 is 2.33 bits per heavy atom. The van der Waals surface area contributed by atoms with Crippen LogP contribution in [0.25, 0.3) is 6.08 Å². The normalized spacial score (nSPS) is 17.2. The molecule has 0 aliphatic carbocycles. The second-order valence-corrected chi connectivity index (χ2v) is 5.71. The van der Waals surface area contributed by atoms with Gasteiger partial charge in [-0.25, -0.2) is 8.42 Å². The number of alkyl halides is 3. The maximum atomic E-state index is 12.5. The highest BCUT2D eigenvalue weighted by molar-refractivity contribution is 7.96. The minimum atomic E-state index is -4.55. The molecule has 0 saturated carbocycles. The Hall–Kier alpha value is -1.63. The van der Waals surface area contributed by atoms with Crippen molar-refractivity contribution in [2.75, 3.05) is 0 Å². The number of hydrogen-bond donors (Lipinski definition) is 0. The van der Waals surface area contributed by atoms with Gasteiger partial charge in [0.2, 0.25) is 9.84 Å². The third-order valence-corrected chi connectivity index (χ3v) is 4.48. The summed E-state index contributed by atoms with van der Waals surface area (Å²) < 4.78 is 61.0. The van der Waals surface area contributed by atoms with Gasteiger partial charge >= 0.3 is 6.18 Å². The molecule has 0 radical (unpaired) electrons. The van der Waals surface area contributed by atoms with Crippen molar-refractivity contribution in [3.05, 3.63) is 34.2 Å². The van der Waals surface area contributed by atoms with E-state index in [1.165, 1.54) is 0 Å². The number of hydrogen-bond acceptors (Lipinski definition) is 3. The molecule has 2 rings (SSSR count). The molecule has 0 fully saturated rings. The van der Waals surface area contributed by atoms with Crippen LogP contribution in [0, 0.1) is 0 Å². The Morgan fingerprint density at radius 2 is 1.83 bits per heavy atom. The summed E-state index contributed by atoms with van der Waals surface area (Å²) in [5.41, 5.74) is -1.05. The van der Waals surface area contributed by atoms with Gasteiger partial charge in [0.05, 0.1) is 10.5 Å². The topological polar surface area (TPSA) is 51.2 Å². The van der Waals surface area contributed by atoms with Crippen LogP contribution in [0.2, 0.25) is 0 Å². The fraction of sp³-hybridized carbons (Fsp3) is 0.182. The molecule has 0 unspecified atom stereocenters. The van der Waals surface area contributed by atoms with Crippen molar-refractivity contribution in [3.8, 4) is 0 Å². The van der Waals surface area contributed by atoms with Gasteiger partial charge in [0, 0.05) is 0 Å². The Bertz CT molecular complexity index is 669. The summed E-state index contributed by atoms with van der Waals surface area (Å²) in [4.78, 5) is 10.4. The van der Waals surface area contributed by atoms with Crippen LogP contribution >= 0.6 is 0 Å². The van der Waals surface area contributed by atoms with E-state index in [1.54, 1.807) is 0 Å². The van der Waals surface area contributed by atoms with Gasteiger partial charge in [0.15, 0.2) is 5.78 Å². The first-order valence-corrected chi connectivity index (χ1v) is 6.31. The van der Waals surface area contributed by atoms with Gasteiger partial charge in [0.1, 0.15) is 4.91 Å². The molecule has 0 spiro atoms. The van der Waals surface area contributed by atoms with Crippen molar-refractivity contribution >= 4 is 21.7 Å². The SMILES string of the molecule is CC(=O)C1=Cc2cc(C(F)(F)F)ccc2S1(=O)=O. The molecule has 1 aliphatic heterocycles. The number of benzene rings is 1. The quantitative estimate of drug-likeness (QED) is 0.791. The highest BCUT2D eigenvalue weighted by Gasteiger charge is 2.36. The van der Waals surface area contributed by atoms with Crippen LogP contribution in [0.4, 0.5) is 13.2 Å². The van der Waals surface area contributed by atoms with E-state index < -0.39 is 32.3 Å². The smallest absolute Gasteiger partial charge is 0.294 e. The van der Waals surface area contributed by atoms with Gasteiger partial charge in [-0.1, -0.05) is 0 Å². The zero-order chi connectivity index (χ0) is 13.7. The molecule has 1 aromatic carbocycles. The van der Waals surface area contributed by atoms with Gasteiger partial charge in [0.25, 0.3) is 0 Å². The number of Topliss-reactive ketones (excluding diaryl/α,β-unsaturated/α-hetero) is 1. The minimum Gasteiger partial charge on any atom is -0.294 e. The van der Waals surface area contributed by atoms with E-state index in [-0.39, 0.29) is 10.5 Å². The third-order valence-electron chi connectivity index (χ3n) is 2.55. The minimum absolute atomic E-state index is 0.102. The summed E-state index contributed by atoms with van der Waals surface area (Å²) >= 11 is 0. The molecule has 0 N–H and O–H groups in total. The van der Waals surface area contributed by atoms with Crippen LogP contribution < -0.4 is 0 Å². The number of rotatable bonds is 1. The second kappa shape index (κ2) is 3.68. The first-order chi connectivity index (χ1) is 8.14. The molecule has 0 amide bonds. The second-order valence-electron chi connectivity index (χ2n) is 3.82. The molecule has 1 heterocycles. The monoisotopic (exact) mass is 276 g/mol. The standard InChI is InChI=1S/C11H7F3O3S/c1-6(15)10-5-7-4-8(11(12,13)14)2-3-9(7)18(10,16)17/h2-5H,1H3. The summed E-state index contributed by atoms with van der Waals surface area (Å²) in [5.74, 6) is -0.695. The highest BCUT2D eigenvalue weighted by Crippen LogP contribution is 2.37. The Labute approximate surface area is 101 Å². The van der Waals surface area contributed by atoms with E-state index in [0.717, 1.165) is 25.1 Å². The van der Waals surface area contributed by atoms with Crippen molar-refractivity contribution in [2.24, 2.45) is 0 Å². The van der Waals surface area contributed by atoms with Crippen molar-refractivity contribution < 1.29 is 26.4 Å². The van der Waals surface area contributed by atoms with Gasteiger partial charge in [-0.2, -0.15) is 13.2 Å². The number of sulfone groups is 1. The molecule has 1 aliphatic rings. The van der Waals surface area contributed by atoms with Gasteiger partial charge < -0.3 is 0 Å². The van der Waals surface area contributed by atoms with Gasteiger partial charge in [-0.15, -0.1) is 0 Å². The van der Waals surface area contributed by atoms with E-state index in [9.17, 15) is 26.4 Å². The number of halogens is 3. The zero-order valence-electron chi connectivity index (χ0n) is 9.08. The van der Waals surface area contributed by atoms with Crippen molar-refractivity contribution in [2.45, 2.75) is 18.0 Å². The fourth-order valence-electron chi connectivity index (χ4n) is 1.71. The molecule has 3 nitrogen and oxygen atoms in total. The van der Waals surface area contributed by atoms with Crippen LogP contribution in [-0.4, -0.2) is 14.2 Å². The number of allylic oxidation sites excluding steroid dienone is 1. The average molecular weight is 276 g/mol. The molecular weight excluding hydrogens is 269 g/mol. The molecule has 0 saturated heterocycles. The van der Waals surface area contributed by atoms with Gasteiger partial charge in [-0.3, -0.25) is 4.79 Å². The predicted octanol–water partition coefficient (Wildman–Crippen LogP) is 2.42. The van der Waals surface area contributed by atoms with Crippen LogP contribution in [0.15, 0.2) is 28.0 Å². The zero-order valence-corrected chi connectivity index (χ0v) is 9.89. The summed E-state index contributed by atoms with van der Waals surface area (Å²) in [6, 6.07) is 2.29.